The van der Waals surface area contributed by atoms with Crippen LogP contribution in [0.3, 0.4) is 0 Å². The zero-order chi connectivity index (χ0) is 22.8. The number of rotatable bonds is 11. The first-order valence-electron chi connectivity index (χ1n) is 10.7. The van der Waals surface area contributed by atoms with Crippen LogP contribution in [0.4, 0.5) is 11.4 Å². The predicted octanol–water partition coefficient (Wildman–Crippen LogP) is 2.70. The summed E-state index contributed by atoms with van der Waals surface area (Å²) >= 11 is 0. The topological polar surface area (TPSA) is 81.1 Å². The molecule has 0 saturated heterocycles. The van der Waals surface area contributed by atoms with Crippen LogP contribution in [0, 0.1) is 0 Å². The lowest BCUT2D eigenvalue weighted by Gasteiger charge is -2.17. The van der Waals surface area contributed by atoms with Crippen LogP contribution < -0.4 is 25.0 Å². The zero-order valence-electron chi connectivity index (χ0n) is 19.1. The second-order valence-electron chi connectivity index (χ2n) is 7.68. The van der Waals surface area contributed by atoms with Crippen molar-refractivity contribution in [3.8, 4) is 11.5 Å². The molecule has 0 fully saturated rings. The van der Waals surface area contributed by atoms with E-state index in [0.717, 1.165) is 16.2 Å². The number of carbonyl (C=O) groups is 2. The molecule has 0 aliphatic heterocycles. The third-order valence-corrected chi connectivity index (χ3v) is 4.61. The molecule has 7 nitrogen and oxygen atoms in total. The van der Waals surface area contributed by atoms with Crippen molar-refractivity contribution in [2.75, 3.05) is 44.0 Å². The molecule has 0 radical (unpaired) electrons. The second kappa shape index (κ2) is 12.0. The van der Waals surface area contributed by atoms with E-state index in [1.165, 1.54) is 0 Å². The second-order valence-corrected chi connectivity index (χ2v) is 7.68. The largest absolute Gasteiger partial charge is 0.490 e. The Morgan fingerprint density at radius 2 is 1.52 bits per heavy atom. The summed E-state index contributed by atoms with van der Waals surface area (Å²) in [6.07, 6.45) is 0. The minimum Gasteiger partial charge on any atom is -0.490 e. The Hall–Kier alpha value is -3.06. The van der Waals surface area contributed by atoms with E-state index in [9.17, 15) is 9.59 Å². The maximum Gasteiger partial charge on any atom is 0.279 e. The van der Waals surface area contributed by atoms with Crippen LogP contribution in [0.5, 0.6) is 11.5 Å². The Bertz CT molecular complexity index is 883. The van der Waals surface area contributed by atoms with Crippen molar-refractivity contribution in [3.63, 3.8) is 0 Å². The Morgan fingerprint density at radius 3 is 2.16 bits per heavy atom. The van der Waals surface area contributed by atoms with Crippen molar-refractivity contribution in [2.24, 2.45) is 0 Å². The number of para-hydroxylation sites is 1. The molecule has 1 unspecified atom stereocenters. The number of anilines is 2. The van der Waals surface area contributed by atoms with Crippen molar-refractivity contribution in [1.82, 2.24) is 0 Å². The zero-order valence-corrected chi connectivity index (χ0v) is 19.1. The lowest BCUT2D eigenvalue weighted by molar-refractivity contribution is -0.862. The number of nitrogens with one attached hydrogen (secondary N) is 3. The van der Waals surface area contributed by atoms with E-state index < -0.39 is 0 Å². The number of hydrogen-bond donors (Lipinski definition) is 3. The number of carbonyl (C=O) groups excluding carboxylic acids is 2. The van der Waals surface area contributed by atoms with Gasteiger partial charge in [0, 0.05) is 17.4 Å². The summed E-state index contributed by atoms with van der Waals surface area (Å²) in [7, 11) is 1.82. The fourth-order valence-corrected chi connectivity index (χ4v) is 3.25. The lowest BCUT2D eigenvalue weighted by Crippen LogP contribution is -3.11. The number of amides is 2. The van der Waals surface area contributed by atoms with Gasteiger partial charge in [0.25, 0.3) is 11.8 Å². The molecule has 3 N–H and O–H groups in total. The summed E-state index contributed by atoms with van der Waals surface area (Å²) in [6.45, 7) is 9.35. The molecule has 2 aromatic carbocycles. The highest BCUT2D eigenvalue weighted by Crippen LogP contribution is 2.30. The highest BCUT2D eigenvalue weighted by molar-refractivity contribution is 5.93. The molecule has 0 bridgehead atoms. The van der Waals surface area contributed by atoms with Crippen LogP contribution in [0.25, 0.3) is 0 Å². The molecular weight excluding hydrogens is 394 g/mol. The number of likely N-dealkylation sites (N-methyl/N-ethyl adjacent to an activating group) is 1. The summed E-state index contributed by atoms with van der Waals surface area (Å²) in [5.41, 5.74) is 2.53. The monoisotopic (exact) mass is 428 g/mol. The highest BCUT2D eigenvalue weighted by atomic mass is 16.5. The van der Waals surface area contributed by atoms with Gasteiger partial charge in [0.2, 0.25) is 0 Å². The van der Waals surface area contributed by atoms with Gasteiger partial charge in [0.15, 0.2) is 24.6 Å². The maximum atomic E-state index is 12.5. The molecule has 0 aliphatic rings. The van der Waals surface area contributed by atoms with Gasteiger partial charge in [-0.25, -0.2) is 0 Å². The van der Waals surface area contributed by atoms with Crippen molar-refractivity contribution in [1.29, 1.82) is 0 Å². The van der Waals surface area contributed by atoms with Gasteiger partial charge in [-0.15, -0.1) is 0 Å². The Balaban J connectivity index is 1.91. The standard InChI is InChI=1S/C24H33N3O4/c1-6-30-21-13-12-18(14-22(21)31-7-2)25-23(28)15-27(5)16-24(29)26-20-11-9-8-10-19(20)17(3)4/h8-14,17H,6-7,15-16H2,1-5H3,(H,25,28)(H,26,29)/p+1. The van der Waals surface area contributed by atoms with Crippen molar-refractivity contribution < 1.29 is 24.0 Å². The van der Waals surface area contributed by atoms with E-state index >= 15 is 0 Å². The Labute approximate surface area is 184 Å². The molecule has 2 amide bonds. The average molecular weight is 429 g/mol. The van der Waals surface area contributed by atoms with Crippen molar-refractivity contribution in [3.05, 3.63) is 48.0 Å². The van der Waals surface area contributed by atoms with Gasteiger partial charge in [0.05, 0.1) is 20.3 Å². The molecule has 0 aliphatic carbocycles. The average Bonchev–Trinajstić information content (AvgIpc) is 2.70. The van der Waals surface area contributed by atoms with Crippen molar-refractivity contribution >= 4 is 23.2 Å². The van der Waals surface area contributed by atoms with Gasteiger partial charge >= 0.3 is 0 Å². The van der Waals surface area contributed by atoms with Gasteiger partial charge in [-0.05, 0) is 43.5 Å². The normalized spacial score (nSPS) is 11.7. The third kappa shape index (κ3) is 7.61. The quantitative estimate of drug-likeness (QED) is 0.514. The summed E-state index contributed by atoms with van der Waals surface area (Å²) in [6, 6.07) is 13.1. The summed E-state index contributed by atoms with van der Waals surface area (Å²) in [5.74, 6) is 1.23. The Morgan fingerprint density at radius 1 is 0.903 bits per heavy atom. The molecule has 0 aromatic heterocycles. The van der Waals surface area contributed by atoms with Crippen LogP contribution in [0.2, 0.25) is 0 Å². The summed E-state index contributed by atoms with van der Waals surface area (Å²) in [4.78, 5) is 25.7. The minimum absolute atomic E-state index is 0.127. The molecule has 7 heteroatoms. The van der Waals surface area contributed by atoms with Gasteiger partial charge in [-0.3, -0.25) is 9.59 Å². The molecule has 2 aromatic rings. The van der Waals surface area contributed by atoms with Crippen molar-refractivity contribution in [2.45, 2.75) is 33.6 Å². The first-order valence-corrected chi connectivity index (χ1v) is 10.7. The van der Waals surface area contributed by atoms with E-state index in [4.69, 9.17) is 9.47 Å². The van der Waals surface area contributed by atoms with E-state index in [-0.39, 0.29) is 24.9 Å². The van der Waals surface area contributed by atoms with E-state index in [0.29, 0.717) is 36.3 Å². The van der Waals surface area contributed by atoms with Crippen LogP contribution in [-0.2, 0) is 9.59 Å². The molecule has 0 spiro atoms. The van der Waals surface area contributed by atoms with Crippen LogP contribution in [0.15, 0.2) is 42.5 Å². The van der Waals surface area contributed by atoms with E-state index in [2.05, 4.69) is 24.5 Å². The predicted molar refractivity (Wildman–Crippen MR) is 123 cm³/mol. The first kappa shape index (κ1) is 24.2. The fraction of sp³-hybridized carbons (Fsp3) is 0.417. The first-order chi connectivity index (χ1) is 14.8. The smallest absolute Gasteiger partial charge is 0.279 e. The van der Waals surface area contributed by atoms with E-state index in [1.54, 1.807) is 18.2 Å². The highest BCUT2D eigenvalue weighted by Gasteiger charge is 2.17. The number of ether oxygens (including phenoxy) is 2. The molecule has 0 heterocycles. The van der Waals surface area contributed by atoms with Gasteiger partial charge < -0.3 is 25.0 Å². The SMILES string of the molecule is CCOc1ccc(NC(=O)C[NH+](C)CC(=O)Nc2ccccc2C(C)C)cc1OCC. The van der Waals surface area contributed by atoms with Gasteiger partial charge in [0.1, 0.15) is 0 Å². The Kier molecular flexibility index (Phi) is 9.34. The number of hydrogen-bond acceptors (Lipinski definition) is 4. The number of benzene rings is 2. The third-order valence-electron chi connectivity index (χ3n) is 4.61. The maximum absolute atomic E-state index is 12.5. The molecular formula is C24H34N3O4+. The molecule has 0 saturated carbocycles. The molecule has 2 rings (SSSR count). The van der Waals surface area contributed by atoms with Crippen LogP contribution >= 0.6 is 0 Å². The number of quaternary nitrogens is 1. The van der Waals surface area contributed by atoms with Gasteiger partial charge in [-0.2, -0.15) is 0 Å². The molecule has 168 valence electrons. The molecule has 1 atom stereocenters. The minimum atomic E-state index is -0.181. The summed E-state index contributed by atoms with van der Waals surface area (Å²) in [5, 5.41) is 5.82. The van der Waals surface area contributed by atoms with Crippen LogP contribution in [0.1, 0.15) is 39.2 Å². The lowest BCUT2D eigenvalue weighted by atomic mass is 10.0. The fourth-order valence-electron chi connectivity index (χ4n) is 3.25. The van der Waals surface area contributed by atoms with Crippen LogP contribution in [-0.4, -0.2) is 45.2 Å². The molecule has 31 heavy (non-hydrogen) atoms. The van der Waals surface area contributed by atoms with Gasteiger partial charge in [-0.1, -0.05) is 32.0 Å². The summed E-state index contributed by atoms with van der Waals surface area (Å²) < 4.78 is 11.1. The van der Waals surface area contributed by atoms with E-state index in [1.807, 2.05) is 45.2 Å².